The van der Waals surface area contributed by atoms with Gasteiger partial charge in [0.25, 0.3) is 0 Å². The van der Waals surface area contributed by atoms with Gasteiger partial charge in [-0.2, -0.15) is 0 Å². The van der Waals surface area contributed by atoms with Crippen LogP contribution in [0.2, 0.25) is 0 Å². The molecular weight excluding hydrogens is 408 g/mol. The van der Waals surface area contributed by atoms with Crippen molar-refractivity contribution in [3.63, 3.8) is 0 Å². The molecule has 0 bridgehead atoms. The highest BCUT2D eigenvalue weighted by molar-refractivity contribution is 7.07. The van der Waals surface area contributed by atoms with Crippen LogP contribution in [0.4, 0.5) is 0 Å². The number of ketones is 1. The van der Waals surface area contributed by atoms with Crippen LogP contribution in [0.15, 0.2) is 84.9 Å². The zero-order chi connectivity index (χ0) is 21.8. The Balaban J connectivity index is 1.98. The maximum absolute atomic E-state index is 12.8. The molecule has 0 aliphatic rings. The van der Waals surface area contributed by atoms with Gasteiger partial charge in [0, 0.05) is 22.9 Å². The van der Waals surface area contributed by atoms with Crippen LogP contribution in [0.3, 0.4) is 0 Å². The van der Waals surface area contributed by atoms with Gasteiger partial charge in [-0.25, -0.2) is 0 Å². The number of aliphatic hydroxyl groups is 1. The number of methoxy groups -OCH3 is 1. The molecule has 0 spiro atoms. The topological polar surface area (TPSA) is 75.3 Å². The minimum Gasteiger partial charge on any atom is -0.506 e. The van der Waals surface area contributed by atoms with E-state index in [0.717, 1.165) is 0 Å². The Labute approximate surface area is 183 Å². The van der Waals surface area contributed by atoms with Gasteiger partial charge in [0.05, 0.1) is 7.11 Å². The molecule has 1 heterocycles. The van der Waals surface area contributed by atoms with Crippen LogP contribution in [0.1, 0.15) is 15.9 Å². The maximum Gasteiger partial charge on any atom is 0.188 e. The number of nitrogens with one attached hydrogen (secondary N) is 1. The highest BCUT2D eigenvalue weighted by Gasteiger charge is 2.11. The first kappa shape index (κ1) is 20.4. The molecule has 0 aliphatic heterocycles. The summed E-state index contributed by atoms with van der Waals surface area (Å²) in [5.41, 5.74) is 1.96. The van der Waals surface area contributed by atoms with E-state index in [-0.39, 0.29) is 17.0 Å². The molecule has 31 heavy (non-hydrogen) atoms. The number of hydrogen-bond donors (Lipinski definition) is 2. The van der Waals surface area contributed by atoms with E-state index in [0.29, 0.717) is 31.8 Å². The van der Waals surface area contributed by atoms with Crippen molar-refractivity contribution in [2.75, 3.05) is 7.11 Å². The fraction of sp³-hybridized carbons (Fsp3) is 0.0400. The van der Waals surface area contributed by atoms with Gasteiger partial charge >= 0.3 is 0 Å². The van der Waals surface area contributed by atoms with E-state index < -0.39 is 0 Å². The summed E-state index contributed by atoms with van der Waals surface area (Å²) in [6.07, 6.45) is 1.50. The summed E-state index contributed by atoms with van der Waals surface area (Å²) < 4.78 is 7.81. The van der Waals surface area contributed by atoms with Crippen LogP contribution in [0.5, 0.6) is 5.75 Å². The fourth-order valence-corrected chi connectivity index (χ4v) is 4.24. The molecular formula is C25H20N2O3S. The molecule has 0 amide bonds. The second-order valence-electron chi connectivity index (χ2n) is 6.74. The number of rotatable bonds is 5. The van der Waals surface area contributed by atoms with Crippen molar-refractivity contribution in [3.05, 3.63) is 111 Å². The third kappa shape index (κ3) is 4.20. The van der Waals surface area contributed by atoms with E-state index in [4.69, 9.17) is 10.1 Å². The fourth-order valence-electron chi connectivity index (χ4n) is 3.18. The number of nitrogens with zero attached hydrogens (tertiary/aromatic N) is 1. The van der Waals surface area contributed by atoms with Gasteiger partial charge in [-0.3, -0.25) is 14.8 Å². The van der Waals surface area contributed by atoms with Crippen LogP contribution in [0.25, 0.3) is 17.5 Å². The summed E-state index contributed by atoms with van der Waals surface area (Å²) in [5.74, 6) is 0.524. The van der Waals surface area contributed by atoms with Crippen LogP contribution in [-0.2, 0) is 0 Å². The number of benzene rings is 3. The second kappa shape index (κ2) is 8.85. The monoisotopic (exact) mass is 428 g/mol. The summed E-state index contributed by atoms with van der Waals surface area (Å²) in [6.45, 7) is 0. The molecule has 4 rings (SSSR count). The summed E-state index contributed by atoms with van der Waals surface area (Å²) in [7, 11) is 1.59. The normalized spacial score (nSPS) is 12.5. The molecule has 0 aliphatic carbocycles. The number of ether oxygens (including phenoxy) is 1. The lowest BCUT2D eigenvalue weighted by molar-refractivity contribution is 0.106. The number of Topliss-reactive ketones (excluding diaryl/α,β-unsaturated/α-hetero) is 1. The van der Waals surface area contributed by atoms with Gasteiger partial charge in [-0.15, -0.1) is 11.3 Å². The van der Waals surface area contributed by atoms with E-state index >= 15 is 0 Å². The standard InChI is InChI=1S/C25H20N2O3S/c1-30-20-14-12-19(13-15-20)27-22(16-21(28)17-8-4-2-5-9-17)31-24(25(27)26)23(29)18-10-6-3-7-11-18/h2-16,26,29H,1H3/b22-16+,24-23+,26-25?. The quantitative estimate of drug-likeness (QED) is 0.479. The Morgan fingerprint density at radius 1 is 0.935 bits per heavy atom. The van der Waals surface area contributed by atoms with E-state index in [1.54, 1.807) is 48.1 Å². The first-order valence-electron chi connectivity index (χ1n) is 9.59. The van der Waals surface area contributed by atoms with Crippen molar-refractivity contribution in [2.45, 2.75) is 0 Å². The summed E-state index contributed by atoms with van der Waals surface area (Å²) >= 11 is 1.20. The van der Waals surface area contributed by atoms with Crippen molar-refractivity contribution in [3.8, 4) is 11.4 Å². The van der Waals surface area contributed by atoms with Crippen molar-refractivity contribution >= 4 is 29.0 Å². The summed E-state index contributed by atoms with van der Waals surface area (Å²) in [5, 5.41) is 19.6. The Morgan fingerprint density at radius 2 is 1.52 bits per heavy atom. The first-order valence-corrected chi connectivity index (χ1v) is 10.4. The van der Waals surface area contributed by atoms with Gasteiger partial charge in [0.15, 0.2) is 11.3 Å². The predicted octanol–water partition coefficient (Wildman–Crippen LogP) is 3.40. The number of aliphatic hydroxyl groups excluding tert-OH is 1. The van der Waals surface area contributed by atoms with Gasteiger partial charge in [0.1, 0.15) is 20.7 Å². The van der Waals surface area contributed by atoms with Gasteiger partial charge in [0.2, 0.25) is 0 Å². The summed E-state index contributed by atoms with van der Waals surface area (Å²) in [6, 6.07) is 25.3. The highest BCUT2D eigenvalue weighted by Crippen LogP contribution is 2.13. The largest absolute Gasteiger partial charge is 0.506 e. The highest BCUT2D eigenvalue weighted by atomic mass is 32.1. The van der Waals surface area contributed by atoms with Crippen LogP contribution in [-0.4, -0.2) is 22.6 Å². The molecule has 0 atom stereocenters. The van der Waals surface area contributed by atoms with Gasteiger partial charge < -0.3 is 9.84 Å². The van der Waals surface area contributed by atoms with Crippen LogP contribution in [0, 0.1) is 5.41 Å². The smallest absolute Gasteiger partial charge is 0.188 e. The molecule has 5 nitrogen and oxygen atoms in total. The van der Waals surface area contributed by atoms with Crippen molar-refractivity contribution in [1.82, 2.24) is 4.57 Å². The van der Waals surface area contributed by atoms with E-state index in [1.165, 1.54) is 17.4 Å². The number of carbonyl (C=O) groups is 1. The molecule has 3 aromatic carbocycles. The lowest BCUT2D eigenvalue weighted by Crippen LogP contribution is -2.31. The Bertz CT molecular complexity index is 1390. The summed E-state index contributed by atoms with van der Waals surface area (Å²) in [4.78, 5) is 12.8. The Hall–Kier alpha value is -3.90. The number of hydrogen-bond acceptors (Lipinski definition) is 5. The molecule has 4 aromatic rings. The molecule has 154 valence electrons. The van der Waals surface area contributed by atoms with Crippen molar-refractivity contribution < 1.29 is 14.6 Å². The van der Waals surface area contributed by atoms with E-state index in [2.05, 4.69) is 0 Å². The van der Waals surface area contributed by atoms with Gasteiger partial charge in [-0.1, -0.05) is 60.7 Å². The van der Waals surface area contributed by atoms with Crippen molar-refractivity contribution in [1.29, 1.82) is 5.41 Å². The molecule has 0 radical (unpaired) electrons. The molecule has 2 N–H and O–H groups in total. The zero-order valence-electron chi connectivity index (χ0n) is 16.8. The Morgan fingerprint density at radius 3 is 2.10 bits per heavy atom. The molecule has 1 aromatic heterocycles. The minimum absolute atomic E-state index is 0.00433. The molecule has 0 saturated heterocycles. The van der Waals surface area contributed by atoms with E-state index in [9.17, 15) is 9.90 Å². The average molecular weight is 429 g/mol. The number of thiazole rings is 1. The lowest BCUT2D eigenvalue weighted by atomic mass is 10.1. The maximum atomic E-state index is 12.8. The minimum atomic E-state index is -0.171. The molecule has 0 unspecified atom stereocenters. The van der Waals surface area contributed by atoms with Crippen LogP contribution < -0.4 is 19.4 Å². The Kier molecular flexibility index (Phi) is 5.82. The molecule has 0 saturated carbocycles. The lowest BCUT2D eigenvalue weighted by Gasteiger charge is -2.05. The number of carbonyl (C=O) groups excluding carboxylic acids is 1. The SMILES string of the molecule is COc1ccc(-n2c(=N)/c(=C(\O)c3ccccc3)s/c2=C/C(=O)c2ccccc2)cc1. The van der Waals surface area contributed by atoms with E-state index in [1.807, 2.05) is 48.5 Å². The first-order chi connectivity index (χ1) is 15.1. The third-order valence-corrected chi connectivity index (χ3v) is 5.87. The number of aromatic nitrogens is 1. The molecule has 6 heteroatoms. The molecule has 0 fully saturated rings. The predicted molar refractivity (Wildman–Crippen MR) is 122 cm³/mol. The zero-order valence-corrected chi connectivity index (χ0v) is 17.6. The van der Waals surface area contributed by atoms with Crippen molar-refractivity contribution in [2.24, 2.45) is 0 Å². The van der Waals surface area contributed by atoms with Gasteiger partial charge in [-0.05, 0) is 24.3 Å². The second-order valence-corrected chi connectivity index (χ2v) is 7.77. The van der Waals surface area contributed by atoms with Crippen LogP contribution >= 0.6 is 11.3 Å². The third-order valence-electron chi connectivity index (χ3n) is 4.77. The average Bonchev–Trinajstić information content (AvgIpc) is 3.15.